The summed E-state index contributed by atoms with van der Waals surface area (Å²) in [6, 6.07) is 6.83. The van der Waals surface area contributed by atoms with Crippen LogP contribution in [-0.2, 0) is 13.0 Å². The van der Waals surface area contributed by atoms with Crippen molar-refractivity contribution in [3.05, 3.63) is 63.5 Å². The van der Waals surface area contributed by atoms with Gasteiger partial charge in [0.25, 0.3) is 5.91 Å². The van der Waals surface area contributed by atoms with Crippen molar-refractivity contribution in [1.82, 2.24) is 25.1 Å². The normalized spacial score (nSPS) is 13.6. The minimum absolute atomic E-state index is 0.148. The Hall–Kier alpha value is -2.44. The third kappa shape index (κ3) is 2.88. The fourth-order valence-corrected chi connectivity index (χ4v) is 3.32. The quantitative estimate of drug-likeness (QED) is 0.746. The highest BCUT2D eigenvalue weighted by molar-refractivity contribution is 6.43. The predicted octanol–water partition coefficient (Wildman–Crippen LogP) is 3.37. The molecule has 6 nitrogen and oxygen atoms in total. The monoisotopic (exact) mass is 373 g/mol. The van der Waals surface area contributed by atoms with Gasteiger partial charge in [0.2, 0.25) is 0 Å². The largest absolute Gasteiger partial charge is 0.332 e. The Morgan fingerprint density at radius 1 is 1.16 bits per heavy atom. The zero-order chi connectivity index (χ0) is 17.4. The molecule has 0 saturated heterocycles. The molecular formula is C17H13Cl2N5O. The van der Waals surface area contributed by atoms with Gasteiger partial charge in [-0.15, -0.1) is 0 Å². The van der Waals surface area contributed by atoms with Crippen LogP contribution in [0.25, 0.3) is 11.5 Å². The summed E-state index contributed by atoms with van der Waals surface area (Å²) in [5.74, 6) is 0.433. The Bertz CT molecular complexity index is 941. The molecule has 8 heteroatoms. The van der Waals surface area contributed by atoms with Crippen molar-refractivity contribution >= 4 is 29.1 Å². The third-order valence-electron chi connectivity index (χ3n) is 4.18. The Kier molecular flexibility index (Phi) is 4.15. The van der Waals surface area contributed by atoms with Gasteiger partial charge < -0.3 is 4.90 Å². The molecule has 1 N–H and O–H groups in total. The van der Waals surface area contributed by atoms with Crippen molar-refractivity contribution in [3.8, 4) is 11.5 Å². The number of nitrogens with one attached hydrogen (secondary N) is 1. The molecule has 0 saturated carbocycles. The van der Waals surface area contributed by atoms with Crippen molar-refractivity contribution < 1.29 is 4.79 Å². The molecule has 1 aliphatic rings. The second kappa shape index (κ2) is 6.46. The van der Waals surface area contributed by atoms with Crippen molar-refractivity contribution in [1.29, 1.82) is 0 Å². The number of hydrogen-bond donors (Lipinski definition) is 1. The fourth-order valence-electron chi connectivity index (χ4n) is 2.94. The maximum absolute atomic E-state index is 12.8. The zero-order valence-corrected chi connectivity index (χ0v) is 14.6. The maximum Gasteiger partial charge on any atom is 0.255 e. The average Bonchev–Trinajstić information content (AvgIpc) is 3.07. The summed E-state index contributed by atoms with van der Waals surface area (Å²) < 4.78 is 0. The highest BCUT2D eigenvalue weighted by Gasteiger charge is 2.28. The summed E-state index contributed by atoms with van der Waals surface area (Å²) in [6.07, 6.45) is 4.04. The summed E-state index contributed by atoms with van der Waals surface area (Å²) in [4.78, 5) is 23.0. The number of fused-ring (bicyclic) bond motifs is 1. The van der Waals surface area contributed by atoms with Crippen LogP contribution in [0.2, 0.25) is 10.0 Å². The lowest BCUT2D eigenvalue weighted by Crippen LogP contribution is -2.36. The Morgan fingerprint density at radius 3 is 2.76 bits per heavy atom. The molecule has 0 aliphatic carbocycles. The van der Waals surface area contributed by atoms with Crippen LogP contribution in [0.1, 0.15) is 21.6 Å². The van der Waals surface area contributed by atoms with Crippen LogP contribution in [0.15, 0.2) is 36.7 Å². The summed E-state index contributed by atoms with van der Waals surface area (Å²) in [5.41, 5.74) is 3.08. The van der Waals surface area contributed by atoms with E-state index in [0.29, 0.717) is 35.9 Å². The molecule has 25 heavy (non-hydrogen) atoms. The lowest BCUT2D eigenvalue weighted by Gasteiger charge is -2.27. The summed E-state index contributed by atoms with van der Waals surface area (Å²) in [5, 5.41) is 7.99. The minimum Gasteiger partial charge on any atom is -0.332 e. The van der Waals surface area contributed by atoms with Gasteiger partial charge in [0.1, 0.15) is 5.69 Å². The molecule has 1 aliphatic heterocycles. The first kappa shape index (κ1) is 16.1. The molecule has 4 rings (SSSR count). The molecule has 0 spiro atoms. The van der Waals surface area contributed by atoms with Crippen LogP contribution < -0.4 is 0 Å². The molecule has 3 heterocycles. The first-order chi connectivity index (χ1) is 12.1. The lowest BCUT2D eigenvalue weighted by atomic mass is 10.0. The Balaban J connectivity index is 1.61. The maximum atomic E-state index is 12.8. The third-order valence-corrected chi connectivity index (χ3v) is 5.00. The number of benzene rings is 1. The van der Waals surface area contributed by atoms with E-state index >= 15 is 0 Å². The second-order valence-electron chi connectivity index (χ2n) is 5.68. The van der Waals surface area contributed by atoms with Crippen LogP contribution in [-0.4, -0.2) is 37.5 Å². The number of aromatic nitrogens is 4. The van der Waals surface area contributed by atoms with E-state index in [2.05, 4.69) is 20.2 Å². The van der Waals surface area contributed by atoms with Crippen LogP contribution in [0.5, 0.6) is 0 Å². The Morgan fingerprint density at radius 2 is 1.96 bits per heavy atom. The first-order valence-corrected chi connectivity index (χ1v) is 8.47. The van der Waals surface area contributed by atoms with Crippen molar-refractivity contribution in [2.45, 2.75) is 13.0 Å². The van der Waals surface area contributed by atoms with Gasteiger partial charge in [-0.05, 0) is 24.6 Å². The highest BCUT2D eigenvalue weighted by Crippen LogP contribution is 2.30. The smallest absolute Gasteiger partial charge is 0.255 e. The SMILES string of the molecule is O=C(c1cccc(Cl)c1Cl)N1CCc2c(-c3ncccn3)n[nH]c2C1. The molecular weight excluding hydrogens is 361 g/mol. The molecule has 126 valence electrons. The number of amides is 1. The van der Waals surface area contributed by atoms with Crippen molar-refractivity contribution in [2.24, 2.45) is 0 Å². The van der Waals surface area contributed by atoms with Gasteiger partial charge in [0.15, 0.2) is 5.82 Å². The predicted molar refractivity (Wildman–Crippen MR) is 94.5 cm³/mol. The van der Waals surface area contributed by atoms with Gasteiger partial charge in [-0.3, -0.25) is 9.89 Å². The molecule has 3 aromatic rings. The summed E-state index contributed by atoms with van der Waals surface area (Å²) in [7, 11) is 0. The molecule has 0 unspecified atom stereocenters. The number of hydrogen-bond acceptors (Lipinski definition) is 4. The van der Waals surface area contributed by atoms with Crippen LogP contribution in [0, 0.1) is 0 Å². The Labute approximate surface area is 153 Å². The van der Waals surface area contributed by atoms with Crippen LogP contribution in [0.4, 0.5) is 0 Å². The standard InChI is InChI=1S/C17H13Cl2N5O/c18-12-4-1-3-11(14(12)19)17(25)24-8-5-10-13(9-24)22-23-15(10)16-20-6-2-7-21-16/h1-4,6-7H,5,8-9H2,(H,22,23). The number of rotatable bonds is 2. The molecule has 2 aromatic heterocycles. The molecule has 0 atom stereocenters. The fraction of sp³-hybridized carbons (Fsp3) is 0.176. The van der Waals surface area contributed by atoms with Crippen molar-refractivity contribution in [3.63, 3.8) is 0 Å². The lowest BCUT2D eigenvalue weighted by molar-refractivity contribution is 0.0733. The molecule has 0 radical (unpaired) electrons. The van der Waals surface area contributed by atoms with Gasteiger partial charge in [0, 0.05) is 24.5 Å². The van der Waals surface area contributed by atoms with E-state index in [4.69, 9.17) is 23.2 Å². The number of halogens is 2. The number of carbonyl (C=O) groups is 1. The van der Waals surface area contributed by atoms with Gasteiger partial charge in [-0.25, -0.2) is 9.97 Å². The van der Waals surface area contributed by atoms with Gasteiger partial charge >= 0.3 is 0 Å². The summed E-state index contributed by atoms with van der Waals surface area (Å²) in [6.45, 7) is 0.991. The highest BCUT2D eigenvalue weighted by atomic mass is 35.5. The van der Waals surface area contributed by atoms with Crippen LogP contribution >= 0.6 is 23.2 Å². The van der Waals surface area contributed by atoms with Gasteiger partial charge in [0.05, 0.1) is 27.8 Å². The van der Waals surface area contributed by atoms with E-state index in [1.807, 2.05) is 0 Å². The minimum atomic E-state index is -0.148. The topological polar surface area (TPSA) is 74.8 Å². The van der Waals surface area contributed by atoms with Crippen molar-refractivity contribution in [2.75, 3.05) is 6.54 Å². The zero-order valence-electron chi connectivity index (χ0n) is 13.0. The average molecular weight is 374 g/mol. The van der Waals surface area contributed by atoms with E-state index in [0.717, 1.165) is 17.0 Å². The molecule has 1 amide bonds. The summed E-state index contributed by atoms with van der Waals surface area (Å²) >= 11 is 12.2. The van der Waals surface area contributed by atoms with E-state index < -0.39 is 0 Å². The first-order valence-electron chi connectivity index (χ1n) is 7.72. The van der Waals surface area contributed by atoms with E-state index in [9.17, 15) is 4.79 Å². The van der Waals surface area contributed by atoms with E-state index in [-0.39, 0.29) is 10.9 Å². The van der Waals surface area contributed by atoms with E-state index in [1.165, 1.54) is 0 Å². The second-order valence-corrected chi connectivity index (χ2v) is 6.46. The number of aromatic amines is 1. The van der Waals surface area contributed by atoms with E-state index in [1.54, 1.807) is 41.6 Å². The molecule has 0 fully saturated rings. The van der Waals surface area contributed by atoms with Gasteiger partial charge in [-0.2, -0.15) is 5.10 Å². The van der Waals surface area contributed by atoms with Gasteiger partial charge in [-0.1, -0.05) is 29.3 Å². The molecule has 0 bridgehead atoms. The number of nitrogens with zero attached hydrogens (tertiary/aromatic N) is 4. The number of H-pyrrole nitrogens is 1. The van der Waals surface area contributed by atoms with Crippen LogP contribution in [0.3, 0.4) is 0 Å². The molecule has 1 aromatic carbocycles. The number of carbonyl (C=O) groups excluding carboxylic acids is 1.